The van der Waals surface area contributed by atoms with Crippen LogP contribution in [0.2, 0.25) is 0 Å². The molecule has 20 heavy (non-hydrogen) atoms. The Labute approximate surface area is 116 Å². The lowest BCUT2D eigenvalue weighted by atomic mass is 10.1. The Morgan fingerprint density at radius 2 is 2.10 bits per heavy atom. The Morgan fingerprint density at radius 1 is 1.40 bits per heavy atom. The van der Waals surface area contributed by atoms with Gasteiger partial charge in [0, 0.05) is 19.5 Å². The number of carbonyl (C=O) groups excluding carboxylic acids is 1. The molecule has 1 saturated heterocycles. The molecule has 3 N–H and O–H groups in total. The number of aliphatic carboxylic acids is 2. The van der Waals surface area contributed by atoms with Gasteiger partial charge in [0.2, 0.25) is 0 Å². The minimum atomic E-state index is -1.24. The molecule has 0 saturated carbocycles. The van der Waals surface area contributed by atoms with Crippen LogP contribution in [0.3, 0.4) is 0 Å². The number of amides is 2. The van der Waals surface area contributed by atoms with Crippen molar-refractivity contribution in [3.05, 3.63) is 0 Å². The first-order valence-corrected chi connectivity index (χ1v) is 6.55. The summed E-state index contributed by atoms with van der Waals surface area (Å²) < 4.78 is 5.42. The Hall–Kier alpha value is -1.83. The van der Waals surface area contributed by atoms with Gasteiger partial charge in [0.15, 0.2) is 0 Å². The van der Waals surface area contributed by atoms with Gasteiger partial charge < -0.3 is 25.2 Å². The summed E-state index contributed by atoms with van der Waals surface area (Å²) in [5, 5.41) is 19.9. The number of rotatable bonds is 6. The molecule has 2 atom stereocenters. The number of carbonyl (C=O) groups is 3. The van der Waals surface area contributed by atoms with Crippen molar-refractivity contribution in [3.63, 3.8) is 0 Å². The number of hydrogen-bond donors (Lipinski definition) is 3. The van der Waals surface area contributed by atoms with Crippen LogP contribution < -0.4 is 5.32 Å². The standard InChI is InChI=1S/C12H20N2O6/c1-2-8-7-14(5-6-20-8)12(19)13-9(11(17)18)3-4-10(15)16/h8-9H,2-7H2,1H3,(H,13,19)(H,15,16)(H,17,18). The summed E-state index contributed by atoms with van der Waals surface area (Å²) in [7, 11) is 0. The largest absolute Gasteiger partial charge is 0.481 e. The molecule has 0 aromatic heterocycles. The lowest BCUT2D eigenvalue weighted by molar-refractivity contribution is -0.140. The van der Waals surface area contributed by atoms with Gasteiger partial charge in [0.1, 0.15) is 6.04 Å². The van der Waals surface area contributed by atoms with Gasteiger partial charge in [0.25, 0.3) is 0 Å². The fraction of sp³-hybridized carbons (Fsp3) is 0.750. The molecule has 1 aliphatic rings. The van der Waals surface area contributed by atoms with Crippen LogP contribution in [0.4, 0.5) is 4.79 Å². The van der Waals surface area contributed by atoms with Crippen molar-refractivity contribution in [2.24, 2.45) is 0 Å². The van der Waals surface area contributed by atoms with Crippen LogP contribution in [0, 0.1) is 0 Å². The van der Waals surface area contributed by atoms with E-state index < -0.39 is 24.0 Å². The molecule has 8 heteroatoms. The van der Waals surface area contributed by atoms with Crippen molar-refractivity contribution in [2.75, 3.05) is 19.7 Å². The molecule has 0 aromatic rings. The summed E-state index contributed by atoms with van der Waals surface area (Å²) >= 11 is 0. The van der Waals surface area contributed by atoms with Crippen molar-refractivity contribution in [3.8, 4) is 0 Å². The van der Waals surface area contributed by atoms with Gasteiger partial charge in [-0.15, -0.1) is 0 Å². The third-order valence-electron chi connectivity index (χ3n) is 3.12. The van der Waals surface area contributed by atoms with Gasteiger partial charge >= 0.3 is 18.0 Å². The lowest BCUT2D eigenvalue weighted by Crippen LogP contribution is -2.53. The molecule has 1 fully saturated rings. The highest BCUT2D eigenvalue weighted by Gasteiger charge is 2.27. The molecular weight excluding hydrogens is 268 g/mol. The Balaban J connectivity index is 2.52. The summed E-state index contributed by atoms with van der Waals surface area (Å²) in [6, 6.07) is -1.69. The Kier molecular flexibility index (Phi) is 6.23. The summed E-state index contributed by atoms with van der Waals surface area (Å²) in [6.07, 6.45) is 0.276. The molecule has 0 radical (unpaired) electrons. The van der Waals surface area contributed by atoms with Crippen LogP contribution in [-0.2, 0) is 14.3 Å². The maximum absolute atomic E-state index is 12.0. The monoisotopic (exact) mass is 288 g/mol. The third-order valence-corrected chi connectivity index (χ3v) is 3.12. The zero-order valence-corrected chi connectivity index (χ0v) is 11.4. The smallest absolute Gasteiger partial charge is 0.326 e. The molecule has 2 amide bonds. The van der Waals surface area contributed by atoms with Crippen molar-refractivity contribution >= 4 is 18.0 Å². The first kappa shape index (κ1) is 16.2. The molecule has 0 bridgehead atoms. The zero-order valence-electron chi connectivity index (χ0n) is 11.4. The number of hydrogen-bond acceptors (Lipinski definition) is 4. The number of ether oxygens (including phenoxy) is 1. The molecule has 0 aromatic carbocycles. The highest BCUT2D eigenvalue weighted by atomic mass is 16.5. The van der Waals surface area contributed by atoms with Gasteiger partial charge in [-0.1, -0.05) is 6.92 Å². The van der Waals surface area contributed by atoms with Crippen LogP contribution in [0.5, 0.6) is 0 Å². The van der Waals surface area contributed by atoms with Crippen LogP contribution in [0.1, 0.15) is 26.2 Å². The molecule has 0 aliphatic carbocycles. The minimum Gasteiger partial charge on any atom is -0.481 e. The van der Waals surface area contributed by atoms with Gasteiger partial charge in [-0.2, -0.15) is 0 Å². The highest BCUT2D eigenvalue weighted by Crippen LogP contribution is 2.09. The van der Waals surface area contributed by atoms with Gasteiger partial charge in [-0.05, 0) is 12.8 Å². The second kappa shape index (κ2) is 7.68. The van der Waals surface area contributed by atoms with Crippen LogP contribution in [-0.4, -0.2) is 64.9 Å². The van der Waals surface area contributed by atoms with Gasteiger partial charge in [0.05, 0.1) is 12.7 Å². The van der Waals surface area contributed by atoms with E-state index >= 15 is 0 Å². The Bertz CT molecular complexity index is 373. The van der Waals surface area contributed by atoms with Gasteiger partial charge in [-0.3, -0.25) is 4.79 Å². The molecule has 1 heterocycles. The van der Waals surface area contributed by atoms with Crippen molar-refractivity contribution in [1.82, 2.24) is 10.2 Å². The molecule has 1 aliphatic heterocycles. The maximum Gasteiger partial charge on any atom is 0.326 e. The lowest BCUT2D eigenvalue weighted by Gasteiger charge is -2.33. The van der Waals surface area contributed by atoms with Crippen LogP contribution >= 0.6 is 0 Å². The molecule has 1 rings (SSSR count). The topological polar surface area (TPSA) is 116 Å². The van der Waals surface area contributed by atoms with E-state index in [9.17, 15) is 14.4 Å². The number of carboxylic acids is 2. The predicted octanol–water partition coefficient (Wildman–Crippen LogP) is 0.125. The quantitative estimate of drug-likeness (QED) is 0.639. The SMILES string of the molecule is CCC1CN(C(=O)NC(CCC(=O)O)C(=O)O)CCO1. The molecule has 8 nitrogen and oxygen atoms in total. The summed E-state index contributed by atoms with van der Waals surface area (Å²) in [4.78, 5) is 34.9. The van der Waals surface area contributed by atoms with E-state index in [0.717, 1.165) is 6.42 Å². The van der Waals surface area contributed by atoms with E-state index in [1.165, 1.54) is 4.90 Å². The van der Waals surface area contributed by atoms with Crippen LogP contribution in [0.15, 0.2) is 0 Å². The van der Waals surface area contributed by atoms with E-state index in [4.69, 9.17) is 14.9 Å². The number of nitrogens with one attached hydrogen (secondary N) is 1. The molecule has 2 unspecified atom stereocenters. The minimum absolute atomic E-state index is 0.0446. The second-order valence-corrected chi connectivity index (χ2v) is 4.62. The predicted molar refractivity (Wildman–Crippen MR) is 68.4 cm³/mol. The maximum atomic E-state index is 12.0. The highest BCUT2D eigenvalue weighted by molar-refractivity contribution is 5.83. The first-order chi connectivity index (χ1) is 9.43. The van der Waals surface area contributed by atoms with Crippen LogP contribution in [0.25, 0.3) is 0 Å². The fourth-order valence-corrected chi connectivity index (χ4v) is 1.92. The van der Waals surface area contributed by atoms with E-state index in [2.05, 4.69) is 5.32 Å². The van der Waals surface area contributed by atoms with Crippen molar-refractivity contribution in [2.45, 2.75) is 38.3 Å². The number of urea groups is 1. The fourth-order valence-electron chi connectivity index (χ4n) is 1.92. The van der Waals surface area contributed by atoms with Crippen molar-refractivity contribution in [1.29, 1.82) is 0 Å². The number of morpholine rings is 1. The molecule has 114 valence electrons. The summed E-state index contributed by atoms with van der Waals surface area (Å²) in [5.74, 6) is -2.33. The zero-order chi connectivity index (χ0) is 15.1. The number of carboxylic acid groups (broad SMARTS) is 2. The number of nitrogens with zero attached hydrogens (tertiary/aromatic N) is 1. The third kappa shape index (κ3) is 5.04. The van der Waals surface area contributed by atoms with E-state index in [0.29, 0.717) is 19.7 Å². The molecular formula is C12H20N2O6. The summed E-state index contributed by atoms with van der Waals surface area (Å²) in [5.41, 5.74) is 0. The molecule has 0 spiro atoms. The summed E-state index contributed by atoms with van der Waals surface area (Å²) in [6.45, 7) is 3.17. The normalized spacial score (nSPS) is 20.2. The van der Waals surface area contributed by atoms with E-state index in [1.807, 2.05) is 6.92 Å². The van der Waals surface area contributed by atoms with Gasteiger partial charge in [-0.25, -0.2) is 9.59 Å². The van der Waals surface area contributed by atoms with E-state index in [-0.39, 0.29) is 18.9 Å². The second-order valence-electron chi connectivity index (χ2n) is 4.62. The average Bonchev–Trinajstić information content (AvgIpc) is 2.42. The Morgan fingerprint density at radius 3 is 2.65 bits per heavy atom. The first-order valence-electron chi connectivity index (χ1n) is 6.55. The van der Waals surface area contributed by atoms with Crippen molar-refractivity contribution < 1.29 is 29.3 Å². The van der Waals surface area contributed by atoms with E-state index in [1.54, 1.807) is 0 Å². The average molecular weight is 288 g/mol.